The number of nitrogens with one attached hydrogen (secondary N) is 1. The Hall–Kier alpha value is -1.34. The summed E-state index contributed by atoms with van der Waals surface area (Å²) in [6.07, 6.45) is 3.31. The molecule has 2 amide bonds. The molecule has 1 aliphatic heterocycles. The number of carboxylic acid groups (broad SMARTS) is 1. The van der Waals surface area contributed by atoms with Crippen molar-refractivity contribution in [1.29, 1.82) is 0 Å². The van der Waals surface area contributed by atoms with Crippen molar-refractivity contribution in [1.82, 2.24) is 10.2 Å². The van der Waals surface area contributed by atoms with Crippen molar-refractivity contribution in [2.24, 2.45) is 11.8 Å². The molecule has 2 N–H and O–H groups in total. The molecule has 0 aromatic rings. The van der Waals surface area contributed by atoms with Crippen LogP contribution in [0.15, 0.2) is 0 Å². The first-order valence-electron chi connectivity index (χ1n) is 7.48. The van der Waals surface area contributed by atoms with Crippen molar-refractivity contribution in [2.75, 3.05) is 40.0 Å². The van der Waals surface area contributed by atoms with Gasteiger partial charge in [-0.3, -0.25) is 4.79 Å². The van der Waals surface area contributed by atoms with Gasteiger partial charge in [-0.1, -0.05) is 0 Å². The Labute approximate surface area is 124 Å². The van der Waals surface area contributed by atoms with E-state index in [1.165, 1.54) is 17.7 Å². The van der Waals surface area contributed by atoms with Crippen LogP contribution in [0.1, 0.15) is 19.3 Å². The summed E-state index contributed by atoms with van der Waals surface area (Å²) < 4.78 is 10.7. The van der Waals surface area contributed by atoms with Crippen molar-refractivity contribution in [3.8, 4) is 0 Å². The van der Waals surface area contributed by atoms with Gasteiger partial charge in [0.2, 0.25) is 0 Å². The molecule has 2 aliphatic rings. The molecule has 2 rings (SSSR count). The summed E-state index contributed by atoms with van der Waals surface area (Å²) in [7, 11) is 1.61. The van der Waals surface area contributed by atoms with Gasteiger partial charge in [0.05, 0.1) is 19.3 Å². The lowest BCUT2D eigenvalue weighted by Gasteiger charge is -2.26. The number of amides is 2. The molecule has 120 valence electrons. The van der Waals surface area contributed by atoms with Crippen molar-refractivity contribution >= 4 is 12.0 Å². The topological polar surface area (TPSA) is 88.1 Å². The van der Waals surface area contributed by atoms with Crippen LogP contribution in [0, 0.1) is 11.8 Å². The molecule has 0 bridgehead atoms. The van der Waals surface area contributed by atoms with Gasteiger partial charge in [-0.05, 0) is 25.2 Å². The van der Waals surface area contributed by atoms with E-state index >= 15 is 0 Å². The van der Waals surface area contributed by atoms with E-state index in [0.29, 0.717) is 13.2 Å². The molecule has 0 radical (unpaired) electrons. The highest BCUT2D eigenvalue weighted by atomic mass is 16.5. The summed E-state index contributed by atoms with van der Waals surface area (Å²) in [5, 5.41) is 11.9. The minimum absolute atomic E-state index is 0.159. The molecule has 1 aliphatic carbocycles. The zero-order valence-electron chi connectivity index (χ0n) is 12.4. The van der Waals surface area contributed by atoms with Crippen molar-refractivity contribution in [3.63, 3.8) is 0 Å². The van der Waals surface area contributed by atoms with Gasteiger partial charge in [-0.15, -0.1) is 0 Å². The third-order valence-corrected chi connectivity index (χ3v) is 3.98. The molecular weight excluding hydrogens is 276 g/mol. The fourth-order valence-electron chi connectivity index (χ4n) is 2.34. The number of ether oxygens (including phenoxy) is 2. The molecule has 21 heavy (non-hydrogen) atoms. The molecule has 1 saturated carbocycles. The van der Waals surface area contributed by atoms with Crippen LogP contribution in [0.5, 0.6) is 0 Å². The first kappa shape index (κ1) is 16.0. The quantitative estimate of drug-likeness (QED) is 0.639. The number of carbonyl (C=O) groups excluding carboxylic acids is 1. The zero-order valence-corrected chi connectivity index (χ0v) is 12.4. The average Bonchev–Trinajstić information content (AvgIpc) is 3.14. The van der Waals surface area contributed by atoms with E-state index in [9.17, 15) is 9.59 Å². The number of nitrogens with zero attached hydrogens (tertiary/aromatic N) is 1. The second-order valence-electron chi connectivity index (χ2n) is 5.76. The van der Waals surface area contributed by atoms with Gasteiger partial charge >= 0.3 is 12.0 Å². The monoisotopic (exact) mass is 300 g/mol. The summed E-state index contributed by atoms with van der Waals surface area (Å²) in [5.74, 6) is -0.825. The van der Waals surface area contributed by atoms with Crippen molar-refractivity contribution in [3.05, 3.63) is 0 Å². The Morgan fingerprint density at radius 2 is 2.14 bits per heavy atom. The standard InChI is InChI=1S/C14H24N2O5/c1-16(12-9-21-8-11(12)13(17)18)14(19)15-5-2-6-20-7-10-3-4-10/h10-12H,2-9H2,1H3,(H,15,19)(H,17,18). The van der Waals surface area contributed by atoms with Gasteiger partial charge in [-0.2, -0.15) is 0 Å². The number of carbonyl (C=O) groups is 2. The van der Waals surface area contributed by atoms with Crippen LogP contribution in [0.25, 0.3) is 0 Å². The van der Waals surface area contributed by atoms with Gasteiger partial charge in [0.25, 0.3) is 0 Å². The van der Waals surface area contributed by atoms with Crippen molar-refractivity contribution in [2.45, 2.75) is 25.3 Å². The van der Waals surface area contributed by atoms with Crippen LogP contribution in [0.2, 0.25) is 0 Å². The maximum absolute atomic E-state index is 12.0. The molecule has 7 nitrogen and oxygen atoms in total. The summed E-state index contributed by atoms with van der Waals surface area (Å²) in [6, 6.07) is -0.674. The highest BCUT2D eigenvalue weighted by molar-refractivity contribution is 5.77. The molecule has 2 atom stereocenters. The van der Waals surface area contributed by atoms with Gasteiger partial charge in [0.15, 0.2) is 0 Å². The second kappa shape index (κ2) is 7.61. The zero-order chi connectivity index (χ0) is 15.2. The second-order valence-corrected chi connectivity index (χ2v) is 5.76. The maximum atomic E-state index is 12.0. The lowest BCUT2D eigenvalue weighted by Crippen LogP contribution is -2.48. The molecule has 2 fully saturated rings. The largest absolute Gasteiger partial charge is 0.481 e. The highest BCUT2D eigenvalue weighted by Crippen LogP contribution is 2.28. The lowest BCUT2D eigenvalue weighted by molar-refractivity contribution is -0.142. The average molecular weight is 300 g/mol. The summed E-state index contributed by atoms with van der Waals surface area (Å²) in [4.78, 5) is 24.5. The molecule has 7 heteroatoms. The van der Waals surface area contributed by atoms with E-state index in [1.54, 1.807) is 7.05 Å². The number of urea groups is 1. The predicted octanol–water partition coefficient (Wildman–Crippen LogP) is 0.544. The van der Waals surface area contributed by atoms with E-state index < -0.39 is 17.9 Å². The molecule has 0 aromatic carbocycles. The van der Waals surface area contributed by atoms with Crippen LogP contribution in [0.4, 0.5) is 4.79 Å². The number of likely N-dealkylation sites (N-methyl/N-ethyl adjacent to an activating group) is 1. The molecule has 0 aromatic heterocycles. The Morgan fingerprint density at radius 1 is 1.38 bits per heavy atom. The first-order valence-corrected chi connectivity index (χ1v) is 7.48. The van der Waals surface area contributed by atoms with E-state index in [2.05, 4.69) is 5.32 Å². The minimum Gasteiger partial charge on any atom is -0.481 e. The third-order valence-electron chi connectivity index (χ3n) is 3.98. The minimum atomic E-state index is -0.925. The van der Waals surface area contributed by atoms with Gasteiger partial charge in [0, 0.05) is 26.8 Å². The molecular formula is C14H24N2O5. The van der Waals surface area contributed by atoms with Gasteiger partial charge in [0.1, 0.15) is 5.92 Å². The van der Waals surface area contributed by atoms with Gasteiger partial charge < -0.3 is 24.8 Å². The molecule has 0 spiro atoms. The van der Waals surface area contributed by atoms with Crippen LogP contribution in [0.3, 0.4) is 0 Å². The SMILES string of the molecule is CN(C(=O)NCCCOCC1CC1)C1COCC1C(=O)O. The Kier molecular flexibility index (Phi) is 5.81. The smallest absolute Gasteiger partial charge is 0.317 e. The first-order chi connectivity index (χ1) is 10.1. The van der Waals surface area contributed by atoms with Crippen LogP contribution in [-0.2, 0) is 14.3 Å². The normalized spacial score (nSPS) is 24.8. The summed E-state index contributed by atoms with van der Waals surface area (Å²) in [5.41, 5.74) is 0. The summed E-state index contributed by atoms with van der Waals surface area (Å²) in [6.45, 7) is 2.43. The van der Waals surface area contributed by atoms with Crippen molar-refractivity contribution < 1.29 is 24.2 Å². The molecule has 2 unspecified atom stereocenters. The highest BCUT2D eigenvalue weighted by Gasteiger charge is 2.38. The Bertz CT molecular complexity index is 372. The maximum Gasteiger partial charge on any atom is 0.317 e. The van der Waals surface area contributed by atoms with E-state index in [4.69, 9.17) is 14.6 Å². The van der Waals surface area contributed by atoms with E-state index in [-0.39, 0.29) is 19.2 Å². The third kappa shape index (κ3) is 4.86. The van der Waals surface area contributed by atoms with E-state index in [1.807, 2.05) is 0 Å². The number of hydrogen-bond acceptors (Lipinski definition) is 4. The number of aliphatic carboxylic acids is 1. The fraction of sp³-hybridized carbons (Fsp3) is 0.857. The van der Waals surface area contributed by atoms with Gasteiger partial charge in [-0.25, -0.2) is 4.79 Å². The summed E-state index contributed by atoms with van der Waals surface area (Å²) >= 11 is 0. The van der Waals surface area contributed by atoms with Crippen LogP contribution in [-0.4, -0.2) is 68.1 Å². The lowest BCUT2D eigenvalue weighted by atomic mass is 10.0. The number of rotatable bonds is 8. The van der Waals surface area contributed by atoms with E-state index in [0.717, 1.165) is 18.9 Å². The van der Waals surface area contributed by atoms with Crippen LogP contribution >= 0.6 is 0 Å². The Balaban J connectivity index is 1.61. The number of hydrogen-bond donors (Lipinski definition) is 2. The van der Waals surface area contributed by atoms with Crippen LogP contribution < -0.4 is 5.32 Å². The predicted molar refractivity (Wildman–Crippen MR) is 75.1 cm³/mol. The molecule has 1 heterocycles. The number of carboxylic acids is 1. The fourth-order valence-corrected chi connectivity index (χ4v) is 2.34. The molecule has 1 saturated heterocycles. The Morgan fingerprint density at radius 3 is 2.81 bits per heavy atom.